The number of amides is 1. The van der Waals surface area contributed by atoms with Gasteiger partial charge in [0.15, 0.2) is 0 Å². The third-order valence-corrected chi connectivity index (χ3v) is 3.44. The van der Waals surface area contributed by atoms with Gasteiger partial charge in [0.25, 0.3) is 0 Å². The summed E-state index contributed by atoms with van der Waals surface area (Å²) in [4.78, 5) is 12.3. The second-order valence-corrected chi connectivity index (χ2v) is 5.25. The average Bonchev–Trinajstić information content (AvgIpc) is 2.46. The van der Waals surface area contributed by atoms with E-state index in [1.165, 1.54) is 0 Å². The fraction of sp³-hybridized carbons (Fsp3) is 0.500. The Balaban J connectivity index is 2.78. The van der Waals surface area contributed by atoms with Crippen molar-refractivity contribution >= 4 is 11.6 Å². The number of aliphatic hydroxyl groups is 1. The van der Waals surface area contributed by atoms with E-state index in [2.05, 4.69) is 31.0 Å². The molecule has 3 nitrogen and oxygen atoms in total. The Morgan fingerprint density at radius 3 is 2.48 bits per heavy atom. The molecule has 0 unspecified atom stereocenters. The van der Waals surface area contributed by atoms with E-state index in [1.54, 1.807) is 0 Å². The molecule has 0 saturated heterocycles. The van der Waals surface area contributed by atoms with Crippen molar-refractivity contribution in [2.24, 2.45) is 5.92 Å². The standard InChI is InChI=1S/C18H25NO2/c1-4-7-16(8-5-2)18(21)19-17-11-10-15(9-6-12-20)14(3)13-17/h10-11,13,16,20H,4-5,7-8,12H2,1-3H3,(H,19,21). The van der Waals surface area contributed by atoms with Crippen LogP contribution in [0, 0.1) is 24.7 Å². The molecule has 21 heavy (non-hydrogen) atoms. The molecule has 0 aromatic heterocycles. The first-order chi connectivity index (χ1) is 10.1. The summed E-state index contributed by atoms with van der Waals surface area (Å²) in [6, 6.07) is 5.66. The summed E-state index contributed by atoms with van der Waals surface area (Å²) in [5.41, 5.74) is 2.68. The van der Waals surface area contributed by atoms with Gasteiger partial charge in [-0.2, -0.15) is 0 Å². The highest BCUT2D eigenvalue weighted by Gasteiger charge is 2.16. The number of benzene rings is 1. The predicted octanol–water partition coefficient (Wildman–Crippen LogP) is 3.49. The Kier molecular flexibility index (Phi) is 7.56. The highest BCUT2D eigenvalue weighted by atomic mass is 16.2. The number of rotatable bonds is 6. The third-order valence-electron chi connectivity index (χ3n) is 3.44. The fourth-order valence-electron chi connectivity index (χ4n) is 2.36. The van der Waals surface area contributed by atoms with Gasteiger partial charge in [-0.1, -0.05) is 38.5 Å². The van der Waals surface area contributed by atoms with Crippen LogP contribution in [0.4, 0.5) is 5.69 Å². The van der Waals surface area contributed by atoms with Crippen LogP contribution in [0.5, 0.6) is 0 Å². The Labute approximate surface area is 127 Å². The average molecular weight is 287 g/mol. The number of aliphatic hydroxyl groups excluding tert-OH is 1. The fourth-order valence-corrected chi connectivity index (χ4v) is 2.36. The summed E-state index contributed by atoms with van der Waals surface area (Å²) >= 11 is 0. The number of anilines is 1. The first-order valence-corrected chi connectivity index (χ1v) is 7.63. The molecule has 1 rings (SSSR count). The van der Waals surface area contributed by atoms with Crippen LogP contribution in [-0.2, 0) is 4.79 Å². The minimum Gasteiger partial charge on any atom is -0.384 e. The maximum atomic E-state index is 12.3. The Morgan fingerprint density at radius 2 is 1.95 bits per heavy atom. The van der Waals surface area contributed by atoms with Crippen molar-refractivity contribution in [3.63, 3.8) is 0 Å². The molecule has 1 amide bonds. The van der Waals surface area contributed by atoms with Gasteiger partial charge < -0.3 is 10.4 Å². The van der Waals surface area contributed by atoms with Crippen molar-refractivity contribution in [3.8, 4) is 11.8 Å². The first kappa shape index (κ1) is 17.3. The zero-order valence-corrected chi connectivity index (χ0v) is 13.2. The van der Waals surface area contributed by atoms with Crippen LogP contribution in [0.2, 0.25) is 0 Å². The largest absolute Gasteiger partial charge is 0.384 e. The molecule has 0 heterocycles. The summed E-state index contributed by atoms with van der Waals surface area (Å²) in [7, 11) is 0. The summed E-state index contributed by atoms with van der Waals surface area (Å²) in [5, 5.41) is 11.7. The van der Waals surface area contributed by atoms with Gasteiger partial charge in [-0.15, -0.1) is 0 Å². The lowest BCUT2D eigenvalue weighted by Crippen LogP contribution is -2.22. The summed E-state index contributed by atoms with van der Waals surface area (Å²) in [5.74, 6) is 5.73. The van der Waals surface area contributed by atoms with E-state index in [4.69, 9.17) is 5.11 Å². The zero-order chi connectivity index (χ0) is 15.7. The van der Waals surface area contributed by atoms with E-state index in [9.17, 15) is 4.79 Å². The van der Waals surface area contributed by atoms with Gasteiger partial charge in [0.1, 0.15) is 6.61 Å². The predicted molar refractivity (Wildman–Crippen MR) is 87.1 cm³/mol. The lowest BCUT2D eigenvalue weighted by atomic mass is 9.97. The summed E-state index contributed by atoms with van der Waals surface area (Å²) in [6.07, 6.45) is 3.90. The highest BCUT2D eigenvalue weighted by molar-refractivity contribution is 5.92. The summed E-state index contributed by atoms with van der Waals surface area (Å²) < 4.78 is 0. The van der Waals surface area contributed by atoms with Crippen LogP contribution in [-0.4, -0.2) is 17.6 Å². The molecule has 0 fully saturated rings. The lowest BCUT2D eigenvalue weighted by molar-refractivity contribution is -0.120. The number of carbonyl (C=O) groups is 1. The molecule has 0 saturated carbocycles. The molecule has 0 aliphatic carbocycles. The smallest absolute Gasteiger partial charge is 0.227 e. The Bertz CT molecular complexity index is 520. The van der Waals surface area contributed by atoms with Crippen molar-refractivity contribution in [3.05, 3.63) is 29.3 Å². The van der Waals surface area contributed by atoms with Crippen molar-refractivity contribution in [1.29, 1.82) is 0 Å². The van der Waals surface area contributed by atoms with Crippen LogP contribution < -0.4 is 5.32 Å². The number of hydrogen-bond acceptors (Lipinski definition) is 2. The van der Waals surface area contributed by atoms with Crippen LogP contribution in [0.3, 0.4) is 0 Å². The molecule has 0 aliphatic heterocycles. The molecule has 114 valence electrons. The van der Waals surface area contributed by atoms with Crippen molar-refractivity contribution < 1.29 is 9.90 Å². The van der Waals surface area contributed by atoms with Crippen molar-refractivity contribution in [1.82, 2.24) is 0 Å². The number of aryl methyl sites for hydroxylation is 1. The minimum absolute atomic E-state index is 0.0918. The van der Waals surface area contributed by atoms with Crippen molar-refractivity contribution in [2.75, 3.05) is 11.9 Å². The molecular weight excluding hydrogens is 262 g/mol. The summed E-state index contributed by atoms with van der Waals surface area (Å²) in [6.45, 7) is 6.02. The molecule has 0 spiro atoms. The van der Waals surface area contributed by atoms with Gasteiger partial charge in [-0.3, -0.25) is 4.79 Å². The zero-order valence-electron chi connectivity index (χ0n) is 13.2. The Morgan fingerprint density at radius 1 is 1.29 bits per heavy atom. The van der Waals surface area contributed by atoms with E-state index in [0.717, 1.165) is 42.5 Å². The normalized spacial score (nSPS) is 10.1. The molecule has 2 N–H and O–H groups in total. The first-order valence-electron chi connectivity index (χ1n) is 7.63. The highest BCUT2D eigenvalue weighted by Crippen LogP contribution is 2.19. The van der Waals surface area contributed by atoms with Gasteiger partial charge in [-0.25, -0.2) is 0 Å². The number of carbonyl (C=O) groups excluding carboxylic acids is 1. The molecule has 1 aromatic carbocycles. The molecule has 1 aromatic rings. The monoisotopic (exact) mass is 287 g/mol. The quantitative estimate of drug-likeness (QED) is 0.787. The van der Waals surface area contributed by atoms with Crippen LogP contribution in [0.25, 0.3) is 0 Å². The van der Waals surface area contributed by atoms with E-state index >= 15 is 0 Å². The van der Waals surface area contributed by atoms with Crippen LogP contribution in [0.15, 0.2) is 18.2 Å². The van der Waals surface area contributed by atoms with Gasteiger partial charge >= 0.3 is 0 Å². The topological polar surface area (TPSA) is 49.3 Å². The van der Waals surface area contributed by atoms with Crippen molar-refractivity contribution in [2.45, 2.75) is 46.5 Å². The maximum absolute atomic E-state index is 12.3. The van der Waals surface area contributed by atoms with Gasteiger partial charge in [0.05, 0.1) is 0 Å². The van der Waals surface area contributed by atoms with E-state index in [0.29, 0.717) is 0 Å². The SMILES string of the molecule is CCCC(CCC)C(=O)Nc1ccc(C#CCO)c(C)c1. The van der Waals surface area contributed by atoms with Crippen LogP contribution in [0.1, 0.15) is 50.7 Å². The van der Waals surface area contributed by atoms with E-state index in [-0.39, 0.29) is 18.4 Å². The Hall–Kier alpha value is -1.79. The van der Waals surface area contributed by atoms with E-state index < -0.39 is 0 Å². The van der Waals surface area contributed by atoms with Gasteiger partial charge in [0, 0.05) is 17.2 Å². The van der Waals surface area contributed by atoms with Gasteiger partial charge in [0.2, 0.25) is 5.91 Å². The number of hydrogen-bond donors (Lipinski definition) is 2. The van der Waals surface area contributed by atoms with Crippen LogP contribution >= 0.6 is 0 Å². The third kappa shape index (κ3) is 5.61. The molecule has 3 heteroatoms. The second-order valence-electron chi connectivity index (χ2n) is 5.25. The van der Waals surface area contributed by atoms with E-state index in [1.807, 2.05) is 25.1 Å². The molecular formula is C18H25NO2. The maximum Gasteiger partial charge on any atom is 0.227 e. The molecule has 0 aliphatic rings. The van der Waals surface area contributed by atoms with Gasteiger partial charge in [-0.05, 0) is 43.5 Å². The molecule has 0 radical (unpaired) electrons. The number of nitrogens with one attached hydrogen (secondary N) is 1. The minimum atomic E-state index is -0.145. The second kappa shape index (κ2) is 9.20. The molecule has 0 atom stereocenters. The lowest BCUT2D eigenvalue weighted by Gasteiger charge is -2.15. The molecule has 0 bridgehead atoms.